The van der Waals surface area contributed by atoms with E-state index in [0.717, 1.165) is 0 Å². The van der Waals surface area contributed by atoms with Crippen LogP contribution in [0.2, 0.25) is 0 Å². The average molecular weight is 228 g/mol. The summed E-state index contributed by atoms with van der Waals surface area (Å²) in [5, 5.41) is 0. The highest BCUT2D eigenvalue weighted by Gasteiger charge is 2.34. The first-order chi connectivity index (χ1) is 7.44. The quantitative estimate of drug-likeness (QED) is 0.544. The van der Waals surface area contributed by atoms with E-state index in [1.165, 1.54) is 6.08 Å². The number of carbonyl (C=O) groups is 1. The van der Waals surface area contributed by atoms with Crippen LogP contribution in [0, 0.1) is 5.92 Å². The van der Waals surface area contributed by atoms with Crippen molar-refractivity contribution in [1.29, 1.82) is 0 Å². The highest BCUT2D eigenvalue weighted by molar-refractivity contribution is 5.81. The molecular formula is C12H20O4. The molecule has 0 spiro atoms. The SMILES string of the molecule is CCOC(=O)/C=C/[C@@H](C)[C@@H]1COC(C)(C)O1. The average Bonchev–Trinajstić information content (AvgIpc) is 2.56. The van der Waals surface area contributed by atoms with Gasteiger partial charge in [0, 0.05) is 12.0 Å². The van der Waals surface area contributed by atoms with Gasteiger partial charge in [-0.2, -0.15) is 0 Å². The Labute approximate surface area is 96.6 Å². The predicted molar refractivity (Wildman–Crippen MR) is 59.8 cm³/mol. The fourth-order valence-electron chi connectivity index (χ4n) is 1.52. The van der Waals surface area contributed by atoms with E-state index in [2.05, 4.69) is 0 Å². The topological polar surface area (TPSA) is 44.8 Å². The van der Waals surface area contributed by atoms with E-state index >= 15 is 0 Å². The van der Waals surface area contributed by atoms with Gasteiger partial charge >= 0.3 is 5.97 Å². The lowest BCUT2D eigenvalue weighted by atomic mass is 10.1. The second kappa shape index (κ2) is 5.46. The maximum Gasteiger partial charge on any atom is 0.330 e. The van der Waals surface area contributed by atoms with Crippen LogP contribution in [0.1, 0.15) is 27.7 Å². The van der Waals surface area contributed by atoms with E-state index < -0.39 is 5.79 Å². The van der Waals surface area contributed by atoms with Gasteiger partial charge in [0.2, 0.25) is 0 Å². The smallest absolute Gasteiger partial charge is 0.330 e. The zero-order valence-corrected chi connectivity index (χ0v) is 10.4. The molecule has 0 aliphatic carbocycles. The fraction of sp³-hybridized carbons (Fsp3) is 0.750. The number of ether oxygens (including phenoxy) is 3. The Balaban J connectivity index is 2.41. The number of rotatable bonds is 4. The Bertz CT molecular complexity index is 270. The molecule has 0 aromatic rings. The first-order valence-electron chi connectivity index (χ1n) is 5.61. The Hall–Kier alpha value is -0.870. The second-order valence-corrected chi connectivity index (χ2v) is 4.34. The van der Waals surface area contributed by atoms with Crippen LogP contribution in [0.4, 0.5) is 0 Å². The van der Waals surface area contributed by atoms with Crippen molar-refractivity contribution in [1.82, 2.24) is 0 Å². The lowest BCUT2D eigenvalue weighted by Gasteiger charge is -2.19. The lowest BCUT2D eigenvalue weighted by molar-refractivity contribution is -0.141. The molecule has 0 saturated carbocycles. The first-order valence-corrected chi connectivity index (χ1v) is 5.61. The summed E-state index contributed by atoms with van der Waals surface area (Å²) in [5.74, 6) is -0.699. The summed E-state index contributed by atoms with van der Waals surface area (Å²) in [6, 6.07) is 0. The summed E-state index contributed by atoms with van der Waals surface area (Å²) in [7, 11) is 0. The Kier molecular flexibility index (Phi) is 4.50. The molecule has 1 aliphatic rings. The van der Waals surface area contributed by atoms with Crippen molar-refractivity contribution in [3.05, 3.63) is 12.2 Å². The van der Waals surface area contributed by atoms with Crippen molar-refractivity contribution in [2.75, 3.05) is 13.2 Å². The minimum Gasteiger partial charge on any atom is -0.463 e. The Morgan fingerprint density at radius 2 is 2.31 bits per heavy atom. The molecule has 4 nitrogen and oxygen atoms in total. The third-order valence-corrected chi connectivity index (χ3v) is 2.44. The minimum absolute atomic E-state index is 0.000626. The van der Waals surface area contributed by atoms with Crippen molar-refractivity contribution in [2.24, 2.45) is 5.92 Å². The molecular weight excluding hydrogens is 208 g/mol. The van der Waals surface area contributed by atoms with Crippen LogP contribution < -0.4 is 0 Å². The van der Waals surface area contributed by atoms with Gasteiger partial charge in [-0.1, -0.05) is 13.0 Å². The molecule has 16 heavy (non-hydrogen) atoms. The molecule has 0 aromatic heterocycles. The van der Waals surface area contributed by atoms with Crippen molar-refractivity contribution >= 4 is 5.97 Å². The van der Waals surface area contributed by atoms with Crippen molar-refractivity contribution in [3.63, 3.8) is 0 Å². The summed E-state index contributed by atoms with van der Waals surface area (Å²) < 4.78 is 15.9. The van der Waals surface area contributed by atoms with Crippen LogP contribution in [-0.2, 0) is 19.0 Å². The molecule has 1 heterocycles. The van der Waals surface area contributed by atoms with Crippen LogP contribution in [0.15, 0.2) is 12.2 Å². The molecule has 0 amide bonds. The summed E-state index contributed by atoms with van der Waals surface area (Å²) >= 11 is 0. The number of hydrogen-bond donors (Lipinski definition) is 0. The molecule has 0 N–H and O–H groups in total. The molecule has 0 unspecified atom stereocenters. The van der Waals surface area contributed by atoms with E-state index in [-0.39, 0.29) is 18.0 Å². The molecule has 0 aromatic carbocycles. The van der Waals surface area contributed by atoms with Gasteiger partial charge in [0.15, 0.2) is 5.79 Å². The summed E-state index contributed by atoms with van der Waals surface area (Å²) in [6.45, 7) is 8.50. The molecule has 1 fully saturated rings. The number of esters is 1. The van der Waals surface area contributed by atoms with Gasteiger partial charge in [-0.15, -0.1) is 0 Å². The predicted octanol–water partition coefficient (Wildman–Crippen LogP) is 1.89. The Morgan fingerprint density at radius 3 is 2.81 bits per heavy atom. The molecule has 1 rings (SSSR count). The van der Waals surface area contributed by atoms with Crippen LogP contribution in [0.5, 0.6) is 0 Å². The van der Waals surface area contributed by atoms with Crippen LogP contribution in [0.3, 0.4) is 0 Å². The van der Waals surface area contributed by atoms with E-state index in [9.17, 15) is 4.79 Å². The van der Waals surface area contributed by atoms with Crippen LogP contribution >= 0.6 is 0 Å². The van der Waals surface area contributed by atoms with E-state index in [1.54, 1.807) is 13.0 Å². The van der Waals surface area contributed by atoms with E-state index in [4.69, 9.17) is 14.2 Å². The third kappa shape index (κ3) is 3.94. The summed E-state index contributed by atoms with van der Waals surface area (Å²) in [5.41, 5.74) is 0. The monoisotopic (exact) mass is 228 g/mol. The van der Waals surface area contributed by atoms with Crippen molar-refractivity contribution in [2.45, 2.75) is 39.6 Å². The maximum absolute atomic E-state index is 11.1. The van der Waals surface area contributed by atoms with E-state index in [1.807, 2.05) is 20.8 Å². The highest BCUT2D eigenvalue weighted by atomic mass is 16.7. The lowest BCUT2D eigenvalue weighted by Crippen LogP contribution is -2.24. The first kappa shape index (κ1) is 13.2. The minimum atomic E-state index is -0.517. The van der Waals surface area contributed by atoms with Crippen LogP contribution in [-0.4, -0.2) is 31.1 Å². The van der Waals surface area contributed by atoms with Crippen molar-refractivity contribution < 1.29 is 19.0 Å². The molecule has 4 heteroatoms. The molecule has 1 saturated heterocycles. The third-order valence-electron chi connectivity index (χ3n) is 2.44. The zero-order valence-electron chi connectivity index (χ0n) is 10.4. The normalized spacial score (nSPS) is 25.9. The summed E-state index contributed by atoms with van der Waals surface area (Å²) in [4.78, 5) is 11.1. The van der Waals surface area contributed by atoms with Gasteiger partial charge < -0.3 is 14.2 Å². The van der Waals surface area contributed by atoms with Crippen LogP contribution in [0.25, 0.3) is 0 Å². The van der Waals surface area contributed by atoms with E-state index in [0.29, 0.717) is 13.2 Å². The molecule has 92 valence electrons. The second-order valence-electron chi connectivity index (χ2n) is 4.34. The number of hydrogen-bond acceptors (Lipinski definition) is 4. The van der Waals surface area contributed by atoms with Gasteiger partial charge in [0.1, 0.15) is 0 Å². The van der Waals surface area contributed by atoms with Gasteiger partial charge in [-0.25, -0.2) is 4.79 Å². The molecule has 0 bridgehead atoms. The van der Waals surface area contributed by atoms with Gasteiger partial charge in [0.05, 0.1) is 19.3 Å². The Morgan fingerprint density at radius 1 is 1.62 bits per heavy atom. The molecule has 0 radical (unpaired) electrons. The molecule has 1 aliphatic heterocycles. The summed E-state index contributed by atoms with van der Waals surface area (Å²) in [6.07, 6.45) is 3.25. The molecule has 2 atom stereocenters. The standard InChI is InChI=1S/C12H20O4/c1-5-14-11(13)7-6-9(2)10-8-15-12(3,4)16-10/h6-7,9-10H,5,8H2,1-4H3/b7-6+/t9-,10+/m1/s1. The largest absolute Gasteiger partial charge is 0.463 e. The van der Waals surface area contributed by atoms with Gasteiger partial charge in [-0.05, 0) is 20.8 Å². The number of carbonyl (C=O) groups excluding carboxylic acids is 1. The van der Waals surface area contributed by atoms with Gasteiger partial charge in [-0.3, -0.25) is 0 Å². The van der Waals surface area contributed by atoms with Crippen molar-refractivity contribution in [3.8, 4) is 0 Å². The highest BCUT2D eigenvalue weighted by Crippen LogP contribution is 2.27. The zero-order chi connectivity index (χ0) is 12.2. The van der Waals surface area contributed by atoms with Gasteiger partial charge in [0.25, 0.3) is 0 Å². The maximum atomic E-state index is 11.1. The fourth-order valence-corrected chi connectivity index (χ4v) is 1.52.